The van der Waals surface area contributed by atoms with Crippen LogP contribution in [0.25, 0.3) is 11.4 Å². The molecule has 3 rings (SSSR count). The van der Waals surface area contributed by atoms with Gasteiger partial charge in [-0.25, -0.2) is 4.39 Å². The van der Waals surface area contributed by atoms with Gasteiger partial charge in [-0.2, -0.15) is 0 Å². The van der Waals surface area contributed by atoms with Crippen molar-refractivity contribution in [1.29, 1.82) is 0 Å². The fraction of sp³-hybridized carbons (Fsp3) is 0.250. The third-order valence-electron chi connectivity index (χ3n) is 4.12. The molecule has 0 unspecified atom stereocenters. The highest BCUT2D eigenvalue weighted by Gasteiger charge is 2.15. The second-order valence-electron chi connectivity index (χ2n) is 6.22. The van der Waals surface area contributed by atoms with Crippen molar-refractivity contribution < 1.29 is 9.18 Å². The van der Waals surface area contributed by atoms with Gasteiger partial charge in [-0.05, 0) is 44.5 Å². The monoisotopic (exact) mass is 384 g/mol. The Morgan fingerprint density at radius 3 is 2.74 bits per heavy atom. The first-order valence-corrected chi connectivity index (χ1v) is 9.65. The van der Waals surface area contributed by atoms with Crippen molar-refractivity contribution >= 4 is 23.4 Å². The Kier molecular flexibility index (Phi) is 5.91. The first-order valence-electron chi connectivity index (χ1n) is 8.67. The Labute approximate surface area is 162 Å². The van der Waals surface area contributed by atoms with Gasteiger partial charge in [0.15, 0.2) is 11.0 Å². The van der Waals surface area contributed by atoms with E-state index in [-0.39, 0.29) is 17.5 Å². The number of hydrogen-bond donors (Lipinski definition) is 1. The number of amides is 1. The van der Waals surface area contributed by atoms with Crippen LogP contribution in [0.2, 0.25) is 0 Å². The lowest BCUT2D eigenvalue weighted by Gasteiger charge is -2.09. The minimum atomic E-state index is -0.378. The second-order valence-corrected chi connectivity index (χ2v) is 7.16. The average Bonchev–Trinajstić information content (AvgIpc) is 3.06. The molecular formula is C20H21FN4OS. The van der Waals surface area contributed by atoms with E-state index in [0.29, 0.717) is 17.4 Å². The summed E-state index contributed by atoms with van der Waals surface area (Å²) in [5.74, 6) is 0.362. The number of carbonyl (C=O) groups excluding carboxylic acids is 1. The van der Waals surface area contributed by atoms with E-state index in [9.17, 15) is 9.18 Å². The molecule has 0 fully saturated rings. The molecule has 0 spiro atoms. The quantitative estimate of drug-likeness (QED) is 0.638. The average molecular weight is 384 g/mol. The largest absolute Gasteiger partial charge is 0.325 e. The van der Waals surface area contributed by atoms with Gasteiger partial charge in [0.25, 0.3) is 0 Å². The van der Waals surface area contributed by atoms with Gasteiger partial charge in [-0.3, -0.25) is 4.79 Å². The van der Waals surface area contributed by atoms with Crippen LogP contribution in [-0.2, 0) is 11.3 Å². The van der Waals surface area contributed by atoms with E-state index in [1.54, 1.807) is 6.07 Å². The Bertz CT molecular complexity index is 970. The molecule has 1 aromatic heterocycles. The highest BCUT2D eigenvalue weighted by molar-refractivity contribution is 7.99. The van der Waals surface area contributed by atoms with Gasteiger partial charge in [-0.1, -0.05) is 41.6 Å². The van der Waals surface area contributed by atoms with Gasteiger partial charge in [0, 0.05) is 17.8 Å². The van der Waals surface area contributed by atoms with E-state index in [2.05, 4.69) is 21.6 Å². The molecule has 0 radical (unpaired) electrons. The summed E-state index contributed by atoms with van der Waals surface area (Å²) in [7, 11) is 0. The summed E-state index contributed by atoms with van der Waals surface area (Å²) in [6.45, 7) is 6.57. The zero-order valence-electron chi connectivity index (χ0n) is 15.5. The molecule has 0 atom stereocenters. The smallest absolute Gasteiger partial charge is 0.234 e. The van der Waals surface area contributed by atoms with E-state index in [1.165, 1.54) is 23.9 Å². The van der Waals surface area contributed by atoms with Crippen molar-refractivity contribution in [2.75, 3.05) is 11.1 Å². The standard InChI is InChI=1S/C20H21FN4OS/c1-4-25-19(15-7-5-6-13(2)10-15)23-24-20(25)27-12-18(26)22-17-11-16(21)9-8-14(17)3/h5-11H,4,12H2,1-3H3,(H,22,26). The lowest BCUT2D eigenvalue weighted by Crippen LogP contribution is -2.15. The number of benzene rings is 2. The van der Waals surface area contributed by atoms with Crippen LogP contribution in [0.1, 0.15) is 18.1 Å². The highest BCUT2D eigenvalue weighted by Crippen LogP contribution is 2.25. The number of thioether (sulfide) groups is 1. The Morgan fingerprint density at radius 1 is 1.19 bits per heavy atom. The third kappa shape index (κ3) is 4.54. The van der Waals surface area contributed by atoms with Crippen LogP contribution in [0.15, 0.2) is 47.6 Å². The van der Waals surface area contributed by atoms with Crippen molar-refractivity contribution in [2.45, 2.75) is 32.5 Å². The van der Waals surface area contributed by atoms with E-state index in [1.807, 2.05) is 43.5 Å². The summed E-state index contributed by atoms with van der Waals surface area (Å²) >= 11 is 1.31. The second kappa shape index (κ2) is 8.35. The molecule has 27 heavy (non-hydrogen) atoms. The molecule has 140 valence electrons. The van der Waals surface area contributed by atoms with Crippen LogP contribution in [0, 0.1) is 19.7 Å². The summed E-state index contributed by atoms with van der Waals surface area (Å²) in [6, 6.07) is 12.4. The lowest BCUT2D eigenvalue weighted by molar-refractivity contribution is -0.113. The number of aryl methyl sites for hydroxylation is 2. The van der Waals surface area contributed by atoms with Gasteiger partial charge < -0.3 is 9.88 Å². The number of nitrogens with zero attached hydrogens (tertiary/aromatic N) is 3. The maximum atomic E-state index is 13.4. The number of rotatable bonds is 6. The predicted molar refractivity (Wildman–Crippen MR) is 106 cm³/mol. The summed E-state index contributed by atoms with van der Waals surface area (Å²) < 4.78 is 15.3. The highest BCUT2D eigenvalue weighted by atomic mass is 32.2. The molecule has 1 heterocycles. The third-order valence-corrected chi connectivity index (χ3v) is 5.08. The van der Waals surface area contributed by atoms with Crippen LogP contribution >= 0.6 is 11.8 Å². The molecule has 3 aromatic rings. The first-order chi connectivity index (χ1) is 13.0. The number of halogens is 1. The van der Waals surface area contributed by atoms with Gasteiger partial charge in [0.05, 0.1) is 5.75 Å². The number of hydrogen-bond acceptors (Lipinski definition) is 4. The summed E-state index contributed by atoms with van der Waals surface area (Å²) in [4.78, 5) is 12.3. The summed E-state index contributed by atoms with van der Waals surface area (Å²) in [6.07, 6.45) is 0. The van der Waals surface area contributed by atoms with Crippen molar-refractivity contribution in [3.05, 3.63) is 59.4 Å². The van der Waals surface area contributed by atoms with Gasteiger partial charge in [0.1, 0.15) is 5.82 Å². The number of anilines is 1. The molecule has 0 saturated carbocycles. The van der Waals surface area contributed by atoms with Crippen molar-refractivity contribution in [3.63, 3.8) is 0 Å². The van der Waals surface area contributed by atoms with Crippen molar-refractivity contribution in [1.82, 2.24) is 14.8 Å². The minimum absolute atomic E-state index is 0.169. The molecule has 5 nitrogen and oxygen atoms in total. The van der Waals surface area contributed by atoms with Crippen molar-refractivity contribution in [3.8, 4) is 11.4 Å². The molecule has 7 heteroatoms. The molecule has 0 saturated heterocycles. The topological polar surface area (TPSA) is 59.8 Å². The van der Waals surface area contributed by atoms with Gasteiger partial charge in [-0.15, -0.1) is 10.2 Å². The van der Waals surface area contributed by atoms with E-state index >= 15 is 0 Å². The molecule has 1 amide bonds. The SMILES string of the molecule is CCn1c(SCC(=O)Nc2cc(F)ccc2C)nnc1-c1cccc(C)c1. The minimum Gasteiger partial charge on any atom is -0.325 e. The van der Waals surface area contributed by atoms with Crippen molar-refractivity contribution in [2.24, 2.45) is 0 Å². The van der Waals surface area contributed by atoms with Crippen LogP contribution in [0.5, 0.6) is 0 Å². The molecule has 1 N–H and O–H groups in total. The molecule has 0 aliphatic carbocycles. The molecular weight excluding hydrogens is 363 g/mol. The van der Waals surface area contributed by atoms with Gasteiger partial charge in [0.2, 0.25) is 5.91 Å². The Balaban J connectivity index is 1.71. The molecule has 0 bridgehead atoms. The first kappa shape index (κ1) is 19.1. The maximum Gasteiger partial charge on any atom is 0.234 e. The maximum absolute atomic E-state index is 13.4. The summed E-state index contributed by atoms with van der Waals surface area (Å²) in [5.41, 5.74) is 3.44. The number of aromatic nitrogens is 3. The molecule has 0 aliphatic heterocycles. The van der Waals surface area contributed by atoms with E-state index in [4.69, 9.17) is 0 Å². The van der Waals surface area contributed by atoms with Gasteiger partial charge >= 0.3 is 0 Å². The zero-order chi connectivity index (χ0) is 19.4. The Morgan fingerprint density at radius 2 is 2.00 bits per heavy atom. The zero-order valence-corrected chi connectivity index (χ0v) is 16.3. The van der Waals surface area contributed by atoms with Crippen LogP contribution in [0.4, 0.5) is 10.1 Å². The van der Waals surface area contributed by atoms with Crippen LogP contribution in [-0.4, -0.2) is 26.4 Å². The molecule has 2 aromatic carbocycles. The summed E-state index contributed by atoms with van der Waals surface area (Å²) in [5, 5.41) is 12.0. The van der Waals surface area contributed by atoms with Crippen LogP contribution in [0.3, 0.4) is 0 Å². The van der Waals surface area contributed by atoms with Crippen LogP contribution < -0.4 is 5.32 Å². The number of nitrogens with one attached hydrogen (secondary N) is 1. The number of carbonyl (C=O) groups is 1. The predicted octanol–water partition coefficient (Wildman–Crippen LogP) is 4.45. The van der Waals surface area contributed by atoms with E-state index < -0.39 is 0 Å². The van der Waals surface area contributed by atoms with E-state index in [0.717, 1.165) is 22.5 Å². The lowest BCUT2D eigenvalue weighted by atomic mass is 10.1. The normalized spacial score (nSPS) is 10.8. The fourth-order valence-electron chi connectivity index (χ4n) is 2.72. The Hall–Kier alpha value is -2.67. The fourth-order valence-corrected chi connectivity index (χ4v) is 3.53. The molecule has 0 aliphatic rings.